The van der Waals surface area contributed by atoms with Crippen LogP contribution < -0.4 is 5.32 Å². The van der Waals surface area contributed by atoms with Crippen LogP contribution in [0.3, 0.4) is 0 Å². The van der Waals surface area contributed by atoms with Crippen LogP contribution in [0.25, 0.3) is 0 Å². The summed E-state index contributed by atoms with van der Waals surface area (Å²) in [7, 11) is -2.82. The Hall–Kier alpha value is 0.160. The molecule has 2 rings (SSSR count). The molecule has 6 heteroatoms. The molecule has 120 valence electrons. The van der Waals surface area contributed by atoms with Crippen molar-refractivity contribution in [3.05, 3.63) is 0 Å². The molecule has 1 heterocycles. The summed E-state index contributed by atoms with van der Waals surface area (Å²) in [6, 6.07) is 0.657. The smallest absolute Gasteiger partial charge is 0.151 e. The lowest BCUT2D eigenvalue weighted by molar-refractivity contribution is 0.206. The number of hydrogen-bond donors (Lipinski definition) is 1. The molecule has 0 amide bonds. The maximum atomic E-state index is 11.7. The molecule has 0 bridgehead atoms. The number of sulfone groups is 1. The van der Waals surface area contributed by atoms with Crippen molar-refractivity contribution in [1.82, 2.24) is 10.2 Å². The highest BCUT2D eigenvalue weighted by Gasteiger charge is 2.24. The standard InChI is InChI=1S/C14H28N2O2S.ClH/c1-2-10-19(17,18)11-9-16-7-5-14(6-8-16)15-12-13-3-4-13;/h13-15H,2-12H2,1H3;1H. The Morgan fingerprint density at radius 3 is 2.30 bits per heavy atom. The second-order valence-electron chi connectivity index (χ2n) is 6.12. The van der Waals surface area contributed by atoms with Gasteiger partial charge in [0.2, 0.25) is 0 Å². The third-order valence-corrected chi connectivity index (χ3v) is 6.05. The number of halogens is 1. The molecule has 1 aliphatic carbocycles. The number of piperidine rings is 1. The molecule has 0 atom stereocenters. The third kappa shape index (κ3) is 6.74. The third-order valence-electron chi connectivity index (χ3n) is 4.21. The zero-order valence-corrected chi connectivity index (χ0v) is 14.1. The zero-order chi connectivity index (χ0) is 13.7. The molecule has 0 unspecified atom stereocenters. The molecule has 0 aromatic heterocycles. The normalized spacial score (nSPS) is 21.6. The van der Waals surface area contributed by atoms with Gasteiger partial charge in [0.1, 0.15) is 0 Å². The minimum atomic E-state index is -2.82. The van der Waals surface area contributed by atoms with Crippen molar-refractivity contribution in [2.45, 2.75) is 45.1 Å². The largest absolute Gasteiger partial charge is 0.314 e. The van der Waals surface area contributed by atoms with E-state index in [1.165, 1.54) is 32.2 Å². The van der Waals surface area contributed by atoms with E-state index in [1.54, 1.807) is 0 Å². The van der Waals surface area contributed by atoms with Gasteiger partial charge in [-0.15, -0.1) is 12.4 Å². The van der Waals surface area contributed by atoms with Crippen LogP contribution in [0.2, 0.25) is 0 Å². The molecule has 0 radical (unpaired) electrons. The fourth-order valence-corrected chi connectivity index (χ4v) is 4.06. The lowest BCUT2D eigenvalue weighted by atomic mass is 10.1. The average molecular weight is 325 g/mol. The van der Waals surface area contributed by atoms with Crippen molar-refractivity contribution in [3.63, 3.8) is 0 Å². The molecule has 2 aliphatic rings. The molecule has 0 aromatic rings. The molecular weight excluding hydrogens is 296 g/mol. The zero-order valence-electron chi connectivity index (χ0n) is 12.5. The molecule has 1 saturated carbocycles. The number of nitrogens with one attached hydrogen (secondary N) is 1. The predicted octanol–water partition coefficient (Wildman–Crippen LogP) is 1.70. The molecule has 1 aliphatic heterocycles. The van der Waals surface area contributed by atoms with Gasteiger partial charge in [0.25, 0.3) is 0 Å². The van der Waals surface area contributed by atoms with Gasteiger partial charge in [0.15, 0.2) is 9.84 Å². The number of hydrogen-bond acceptors (Lipinski definition) is 4. The van der Waals surface area contributed by atoms with Gasteiger partial charge in [-0.25, -0.2) is 8.42 Å². The SMILES string of the molecule is CCCS(=O)(=O)CCN1CCC(NCC2CC2)CC1.Cl. The van der Waals surface area contributed by atoms with Crippen molar-refractivity contribution in [1.29, 1.82) is 0 Å². The van der Waals surface area contributed by atoms with Crippen molar-refractivity contribution in [3.8, 4) is 0 Å². The van der Waals surface area contributed by atoms with Crippen LogP contribution in [-0.4, -0.2) is 57.0 Å². The summed E-state index contributed by atoms with van der Waals surface area (Å²) in [5, 5.41) is 3.65. The predicted molar refractivity (Wildman–Crippen MR) is 86.4 cm³/mol. The Balaban J connectivity index is 0.00000200. The quantitative estimate of drug-likeness (QED) is 0.738. The van der Waals surface area contributed by atoms with Gasteiger partial charge < -0.3 is 10.2 Å². The molecule has 4 nitrogen and oxygen atoms in total. The van der Waals surface area contributed by atoms with Crippen molar-refractivity contribution < 1.29 is 8.42 Å². The Labute approximate surface area is 130 Å². The van der Waals surface area contributed by atoms with Crippen molar-refractivity contribution >= 4 is 22.2 Å². The van der Waals surface area contributed by atoms with E-state index < -0.39 is 9.84 Å². The maximum absolute atomic E-state index is 11.7. The second kappa shape index (κ2) is 8.57. The summed E-state index contributed by atoms with van der Waals surface area (Å²) in [4.78, 5) is 2.31. The summed E-state index contributed by atoms with van der Waals surface area (Å²) in [5.41, 5.74) is 0. The average Bonchev–Trinajstić information content (AvgIpc) is 3.19. The van der Waals surface area contributed by atoms with Crippen LogP contribution >= 0.6 is 12.4 Å². The van der Waals surface area contributed by atoms with Crippen molar-refractivity contribution in [2.75, 3.05) is 37.7 Å². The van der Waals surface area contributed by atoms with E-state index in [9.17, 15) is 8.42 Å². The molecular formula is C14H29ClN2O2S. The minimum Gasteiger partial charge on any atom is -0.314 e. The van der Waals surface area contributed by atoms with Crippen LogP contribution in [0.4, 0.5) is 0 Å². The molecule has 1 saturated heterocycles. The van der Waals surface area contributed by atoms with Crippen LogP contribution in [-0.2, 0) is 9.84 Å². The van der Waals surface area contributed by atoms with E-state index in [4.69, 9.17) is 0 Å². The lowest BCUT2D eigenvalue weighted by Gasteiger charge is -2.32. The molecule has 0 spiro atoms. The van der Waals surface area contributed by atoms with Crippen LogP contribution in [0.15, 0.2) is 0 Å². The van der Waals surface area contributed by atoms with Gasteiger partial charge in [-0.2, -0.15) is 0 Å². The van der Waals surface area contributed by atoms with Crippen LogP contribution in [0.1, 0.15) is 39.0 Å². The monoisotopic (exact) mass is 324 g/mol. The van der Waals surface area contributed by atoms with E-state index in [0.29, 0.717) is 17.5 Å². The van der Waals surface area contributed by atoms with Gasteiger partial charge in [-0.3, -0.25) is 0 Å². The molecule has 20 heavy (non-hydrogen) atoms. The highest BCUT2D eigenvalue weighted by molar-refractivity contribution is 7.91. The van der Waals surface area contributed by atoms with E-state index >= 15 is 0 Å². The first kappa shape index (κ1) is 18.2. The number of nitrogens with zero attached hydrogens (tertiary/aromatic N) is 1. The lowest BCUT2D eigenvalue weighted by Crippen LogP contribution is -2.44. The number of rotatable bonds is 8. The Kier molecular flexibility index (Phi) is 7.80. The molecule has 0 aromatic carbocycles. The Morgan fingerprint density at radius 2 is 1.75 bits per heavy atom. The second-order valence-corrected chi connectivity index (χ2v) is 8.42. The first-order valence-corrected chi connectivity index (χ1v) is 9.57. The van der Waals surface area contributed by atoms with E-state index in [-0.39, 0.29) is 12.4 Å². The topological polar surface area (TPSA) is 49.4 Å². The molecule has 2 fully saturated rings. The van der Waals surface area contributed by atoms with E-state index in [2.05, 4.69) is 10.2 Å². The van der Waals surface area contributed by atoms with Gasteiger partial charge in [0, 0.05) is 18.3 Å². The van der Waals surface area contributed by atoms with Crippen LogP contribution in [0, 0.1) is 5.92 Å². The van der Waals surface area contributed by atoms with Gasteiger partial charge in [-0.05, 0) is 57.7 Å². The summed E-state index contributed by atoms with van der Waals surface area (Å²) in [6.45, 7) is 5.93. The first-order chi connectivity index (χ1) is 9.09. The van der Waals surface area contributed by atoms with E-state index in [1.807, 2.05) is 6.92 Å². The van der Waals surface area contributed by atoms with Gasteiger partial charge >= 0.3 is 0 Å². The van der Waals surface area contributed by atoms with E-state index in [0.717, 1.165) is 32.0 Å². The summed E-state index contributed by atoms with van der Waals surface area (Å²) >= 11 is 0. The highest BCUT2D eigenvalue weighted by atomic mass is 35.5. The van der Waals surface area contributed by atoms with Gasteiger partial charge in [-0.1, -0.05) is 6.92 Å². The fourth-order valence-electron chi connectivity index (χ4n) is 2.70. The molecule has 1 N–H and O–H groups in total. The Morgan fingerprint density at radius 1 is 1.10 bits per heavy atom. The highest BCUT2D eigenvalue weighted by Crippen LogP contribution is 2.28. The summed E-state index contributed by atoms with van der Waals surface area (Å²) < 4.78 is 23.4. The number of likely N-dealkylation sites (tertiary alicyclic amines) is 1. The summed E-state index contributed by atoms with van der Waals surface area (Å²) in [6.07, 6.45) is 5.87. The van der Waals surface area contributed by atoms with Gasteiger partial charge in [0.05, 0.1) is 5.75 Å². The Bertz CT molecular complexity index is 363. The maximum Gasteiger partial charge on any atom is 0.151 e. The van der Waals surface area contributed by atoms with Crippen molar-refractivity contribution in [2.24, 2.45) is 5.92 Å². The minimum absolute atomic E-state index is 0. The fraction of sp³-hybridized carbons (Fsp3) is 1.00. The van der Waals surface area contributed by atoms with Crippen LogP contribution in [0.5, 0.6) is 0 Å². The summed E-state index contributed by atoms with van der Waals surface area (Å²) in [5.74, 6) is 1.62. The first-order valence-electron chi connectivity index (χ1n) is 7.75.